The zero-order chi connectivity index (χ0) is 29.5. The van der Waals surface area contributed by atoms with Gasteiger partial charge in [-0.25, -0.2) is 0 Å². The molecule has 0 atom stereocenters. The third-order valence-corrected chi connectivity index (χ3v) is 7.21. The van der Waals surface area contributed by atoms with Gasteiger partial charge < -0.3 is 21.3 Å². The summed E-state index contributed by atoms with van der Waals surface area (Å²) < 4.78 is 0. The van der Waals surface area contributed by atoms with Gasteiger partial charge in [-0.2, -0.15) is 0 Å². The van der Waals surface area contributed by atoms with E-state index in [1.54, 1.807) is 0 Å². The average Bonchev–Trinajstić information content (AvgIpc) is 3.06. The number of unbranched alkanes of at least 4 members (excludes halogenated alkanes) is 1. The highest BCUT2D eigenvalue weighted by Crippen LogP contribution is 2.24. The fourth-order valence-corrected chi connectivity index (χ4v) is 5.02. The van der Waals surface area contributed by atoms with Crippen LogP contribution in [0.4, 0.5) is 0 Å². The Morgan fingerprint density at radius 2 is 0.690 bits per heavy atom. The Labute approximate surface area is 255 Å². The van der Waals surface area contributed by atoms with Crippen molar-refractivity contribution >= 4 is 0 Å². The molecule has 4 heteroatoms. The van der Waals surface area contributed by atoms with Gasteiger partial charge in [0.25, 0.3) is 0 Å². The molecule has 0 bridgehead atoms. The molecule has 0 saturated heterocycles. The van der Waals surface area contributed by atoms with Crippen LogP contribution in [0.5, 0.6) is 0 Å². The normalized spacial score (nSPS) is 10.7. The first-order chi connectivity index (χ1) is 20.9. The number of nitrogens with one attached hydrogen (secondary N) is 4. The molecule has 0 amide bonds. The summed E-state index contributed by atoms with van der Waals surface area (Å²) in [5.74, 6) is 0. The van der Waals surface area contributed by atoms with Crippen LogP contribution in [0.2, 0.25) is 0 Å². The van der Waals surface area contributed by atoms with Gasteiger partial charge in [0.1, 0.15) is 0 Å². The van der Waals surface area contributed by atoms with Crippen LogP contribution < -0.4 is 21.3 Å². The predicted molar refractivity (Wildman–Crippen MR) is 183 cm³/mol. The zero-order valence-corrected chi connectivity index (χ0v) is 25.9. The van der Waals surface area contributed by atoms with Gasteiger partial charge in [0.2, 0.25) is 0 Å². The quantitative estimate of drug-likeness (QED) is 0.0883. The molecule has 0 aliphatic heterocycles. The third kappa shape index (κ3) is 12.3. The molecule has 0 aromatic heterocycles. The monoisotopic (exact) mass is 564 g/mol. The summed E-state index contributed by atoms with van der Waals surface area (Å²) in [6.45, 7) is 12.2. The summed E-state index contributed by atoms with van der Waals surface area (Å²) in [5, 5.41) is 14.4. The van der Waals surface area contributed by atoms with Crippen molar-refractivity contribution < 1.29 is 0 Å². The van der Waals surface area contributed by atoms with Crippen LogP contribution in [-0.4, -0.2) is 39.3 Å². The van der Waals surface area contributed by atoms with Crippen LogP contribution in [0.15, 0.2) is 109 Å². The van der Waals surface area contributed by atoms with E-state index in [0.717, 1.165) is 65.2 Å². The van der Waals surface area contributed by atoms with Crippen LogP contribution in [-0.2, 0) is 13.1 Å². The van der Waals surface area contributed by atoms with E-state index in [4.69, 9.17) is 0 Å². The van der Waals surface area contributed by atoms with Gasteiger partial charge >= 0.3 is 0 Å². The largest absolute Gasteiger partial charge is 0.317 e. The summed E-state index contributed by atoms with van der Waals surface area (Å²) in [4.78, 5) is 0. The van der Waals surface area contributed by atoms with Crippen LogP contribution in [0.3, 0.4) is 0 Å². The van der Waals surface area contributed by atoms with Gasteiger partial charge in [0, 0.05) is 13.1 Å². The van der Waals surface area contributed by atoms with Crippen LogP contribution >= 0.6 is 0 Å². The lowest BCUT2D eigenvalue weighted by Crippen LogP contribution is -2.24. The predicted octanol–water partition coefficient (Wildman–Crippen LogP) is 7.67. The molecule has 0 unspecified atom stereocenters. The van der Waals surface area contributed by atoms with Crippen molar-refractivity contribution in [2.24, 2.45) is 0 Å². The van der Waals surface area contributed by atoms with Crippen molar-refractivity contribution in [1.82, 2.24) is 21.3 Å². The molecule has 0 saturated carbocycles. The van der Waals surface area contributed by atoms with Gasteiger partial charge in [0.05, 0.1) is 0 Å². The molecule has 0 fully saturated rings. The minimum absolute atomic E-state index is 0.910. The maximum atomic E-state index is 3.62. The first kappa shape index (κ1) is 33.2. The second kappa shape index (κ2) is 21.4. The van der Waals surface area contributed by atoms with E-state index in [9.17, 15) is 0 Å². The van der Waals surface area contributed by atoms with E-state index < -0.39 is 0 Å². The van der Waals surface area contributed by atoms with Gasteiger partial charge in [-0.1, -0.05) is 123 Å². The van der Waals surface area contributed by atoms with Gasteiger partial charge in [-0.3, -0.25) is 0 Å². The number of benzene rings is 4. The standard InChI is InChI=1S/C36H46N4.C2H6/c1-3-15-31(16-4-1)35-21-9-7-19-33(35)29-39-27-13-25-37-23-11-12-24-38-26-14-28-40-30-34-20-8-10-22-36(34)32-17-5-2-6-18-32;1-2/h1-10,15-22,37-40H,11-14,23-30H2;1-2H3. The zero-order valence-electron chi connectivity index (χ0n) is 25.9. The van der Waals surface area contributed by atoms with E-state index in [0.29, 0.717) is 0 Å². The van der Waals surface area contributed by atoms with Gasteiger partial charge in [-0.15, -0.1) is 0 Å². The Balaban J connectivity index is 0.00000237. The van der Waals surface area contributed by atoms with E-state index in [-0.39, 0.29) is 0 Å². The Morgan fingerprint density at radius 1 is 0.357 bits per heavy atom. The summed E-state index contributed by atoms with van der Waals surface area (Å²) in [5.41, 5.74) is 7.94. The molecule has 42 heavy (non-hydrogen) atoms. The fraction of sp³-hybridized carbons (Fsp3) is 0.368. The van der Waals surface area contributed by atoms with Crippen molar-refractivity contribution in [2.45, 2.75) is 52.6 Å². The van der Waals surface area contributed by atoms with E-state index in [1.165, 1.54) is 46.2 Å². The lowest BCUT2D eigenvalue weighted by molar-refractivity contribution is 0.547. The van der Waals surface area contributed by atoms with Crippen molar-refractivity contribution in [3.8, 4) is 22.3 Å². The summed E-state index contributed by atoms with van der Waals surface area (Å²) in [6, 6.07) is 38.7. The Hall–Kier alpha value is -3.28. The second-order valence-electron chi connectivity index (χ2n) is 10.3. The molecule has 0 aliphatic carbocycles. The highest BCUT2D eigenvalue weighted by molar-refractivity contribution is 5.68. The van der Waals surface area contributed by atoms with E-state index in [2.05, 4.69) is 130 Å². The van der Waals surface area contributed by atoms with Crippen molar-refractivity contribution in [1.29, 1.82) is 0 Å². The second-order valence-corrected chi connectivity index (χ2v) is 10.3. The molecule has 0 heterocycles. The fourth-order valence-electron chi connectivity index (χ4n) is 5.02. The minimum Gasteiger partial charge on any atom is -0.317 e. The molecule has 4 aromatic carbocycles. The molecule has 224 valence electrons. The SMILES string of the molecule is CC.c1ccc(-c2ccccc2CNCCCNCCCCNCCCNCc2ccccc2-c2ccccc2)cc1. The minimum atomic E-state index is 0.910. The average molecular weight is 565 g/mol. The smallest absolute Gasteiger partial charge is 0.0211 e. The molecule has 0 aliphatic rings. The lowest BCUT2D eigenvalue weighted by Gasteiger charge is -2.11. The molecule has 4 N–H and O–H groups in total. The maximum Gasteiger partial charge on any atom is 0.0211 e. The van der Waals surface area contributed by atoms with E-state index >= 15 is 0 Å². The first-order valence-corrected chi connectivity index (χ1v) is 16.0. The first-order valence-electron chi connectivity index (χ1n) is 16.0. The molecule has 0 spiro atoms. The van der Waals surface area contributed by atoms with E-state index in [1.807, 2.05) is 13.8 Å². The Kier molecular flexibility index (Phi) is 17.0. The maximum absolute atomic E-state index is 3.62. The van der Waals surface area contributed by atoms with Gasteiger partial charge in [0.15, 0.2) is 0 Å². The molecule has 4 aromatic rings. The Morgan fingerprint density at radius 3 is 1.12 bits per heavy atom. The summed E-state index contributed by atoms with van der Waals surface area (Å²) in [7, 11) is 0. The van der Waals surface area contributed by atoms with Crippen LogP contribution in [0, 0.1) is 0 Å². The van der Waals surface area contributed by atoms with Crippen molar-refractivity contribution in [3.05, 3.63) is 120 Å². The summed E-state index contributed by atoms with van der Waals surface area (Å²) >= 11 is 0. The van der Waals surface area contributed by atoms with Crippen LogP contribution in [0.25, 0.3) is 22.3 Å². The molecule has 4 rings (SSSR count). The molecular formula is C38H52N4. The highest BCUT2D eigenvalue weighted by Gasteiger charge is 2.04. The highest BCUT2D eigenvalue weighted by atomic mass is 14.9. The molecule has 4 nitrogen and oxygen atoms in total. The number of hydrogen-bond acceptors (Lipinski definition) is 4. The van der Waals surface area contributed by atoms with Crippen molar-refractivity contribution in [3.63, 3.8) is 0 Å². The Bertz CT molecular complexity index is 1110. The number of rotatable bonds is 19. The lowest BCUT2D eigenvalue weighted by atomic mass is 10.00. The topological polar surface area (TPSA) is 48.1 Å². The summed E-state index contributed by atoms with van der Waals surface area (Å²) in [6.07, 6.45) is 4.74. The number of hydrogen-bond donors (Lipinski definition) is 4. The molecular weight excluding hydrogens is 512 g/mol. The van der Waals surface area contributed by atoms with Gasteiger partial charge in [-0.05, 0) is 98.3 Å². The third-order valence-electron chi connectivity index (χ3n) is 7.21. The molecule has 0 radical (unpaired) electrons. The van der Waals surface area contributed by atoms with Crippen LogP contribution in [0.1, 0.15) is 50.7 Å². The van der Waals surface area contributed by atoms with Crippen molar-refractivity contribution in [2.75, 3.05) is 39.3 Å².